The molecule has 0 heterocycles. The Kier molecular flexibility index (Phi) is 3.10. The van der Waals surface area contributed by atoms with E-state index in [0.29, 0.717) is 5.92 Å². The summed E-state index contributed by atoms with van der Waals surface area (Å²) in [6.45, 7) is 0. The molecule has 0 saturated heterocycles. The molecule has 4 nitrogen and oxygen atoms in total. The number of aromatic hydroxyl groups is 1. The summed E-state index contributed by atoms with van der Waals surface area (Å²) in [5.74, 6) is 0.952. The lowest BCUT2D eigenvalue weighted by Gasteiger charge is -2.12. The van der Waals surface area contributed by atoms with Gasteiger partial charge < -0.3 is 5.11 Å². The summed E-state index contributed by atoms with van der Waals surface area (Å²) < 4.78 is 0. The maximum atomic E-state index is 12.3. The highest BCUT2D eigenvalue weighted by molar-refractivity contribution is 6.02. The van der Waals surface area contributed by atoms with Crippen molar-refractivity contribution >= 4 is 22.4 Å². The molecule has 4 rings (SSSR count). The van der Waals surface area contributed by atoms with Crippen molar-refractivity contribution < 1.29 is 9.90 Å². The van der Waals surface area contributed by atoms with Crippen LogP contribution in [0.25, 0.3) is 10.8 Å². The third-order valence-electron chi connectivity index (χ3n) is 4.92. The Bertz CT molecular complexity index is 782. The lowest BCUT2D eigenvalue weighted by Crippen LogP contribution is -2.22. The fourth-order valence-corrected chi connectivity index (χ4v) is 3.76. The van der Waals surface area contributed by atoms with E-state index in [1.807, 2.05) is 24.3 Å². The van der Waals surface area contributed by atoms with Crippen molar-refractivity contribution in [1.29, 1.82) is 0 Å². The summed E-state index contributed by atoms with van der Waals surface area (Å²) in [4.78, 5) is 12.3. The maximum absolute atomic E-state index is 12.3. The van der Waals surface area contributed by atoms with Gasteiger partial charge in [-0.3, -0.25) is 4.79 Å². The number of hydrogen-bond acceptors (Lipinski definition) is 3. The number of phenols is 1. The van der Waals surface area contributed by atoms with Crippen molar-refractivity contribution in [3.8, 4) is 5.75 Å². The molecule has 0 spiro atoms. The van der Waals surface area contributed by atoms with Crippen molar-refractivity contribution in [3.05, 3.63) is 42.0 Å². The predicted octanol–water partition coefficient (Wildman–Crippen LogP) is 3.45. The minimum Gasteiger partial charge on any atom is -0.507 e. The molecule has 112 valence electrons. The van der Waals surface area contributed by atoms with Gasteiger partial charge in [0.15, 0.2) is 0 Å². The van der Waals surface area contributed by atoms with Gasteiger partial charge in [0.25, 0.3) is 5.91 Å². The van der Waals surface area contributed by atoms with Gasteiger partial charge >= 0.3 is 0 Å². The van der Waals surface area contributed by atoms with Crippen LogP contribution in [0.3, 0.4) is 0 Å². The molecule has 0 radical (unpaired) electrons. The zero-order valence-corrected chi connectivity index (χ0v) is 12.2. The van der Waals surface area contributed by atoms with Crippen LogP contribution < -0.4 is 5.43 Å². The van der Waals surface area contributed by atoms with Crippen LogP contribution in [-0.4, -0.2) is 16.7 Å². The largest absolute Gasteiger partial charge is 0.507 e. The van der Waals surface area contributed by atoms with Crippen molar-refractivity contribution in [3.63, 3.8) is 0 Å². The first kappa shape index (κ1) is 13.3. The molecule has 2 aliphatic carbocycles. The summed E-state index contributed by atoms with van der Waals surface area (Å²) in [6.07, 6.45) is 4.72. The number of fused-ring (bicyclic) bond motifs is 3. The molecule has 2 saturated carbocycles. The molecule has 22 heavy (non-hydrogen) atoms. The highest BCUT2D eigenvalue weighted by Crippen LogP contribution is 2.42. The van der Waals surface area contributed by atoms with Crippen LogP contribution in [0.15, 0.2) is 41.5 Å². The first-order valence-electron chi connectivity index (χ1n) is 7.79. The van der Waals surface area contributed by atoms with Crippen LogP contribution in [0, 0.1) is 11.8 Å². The van der Waals surface area contributed by atoms with Crippen LogP contribution in [0.4, 0.5) is 0 Å². The van der Waals surface area contributed by atoms with E-state index in [1.165, 1.54) is 19.3 Å². The summed E-state index contributed by atoms with van der Waals surface area (Å²) in [5.41, 5.74) is 4.01. The number of benzene rings is 2. The monoisotopic (exact) mass is 294 g/mol. The second-order valence-electron chi connectivity index (χ2n) is 6.34. The van der Waals surface area contributed by atoms with Crippen LogP contribution >= 0.6 is 0 Å². The number of hydrogen-bond donors (Lipinski definition) is 2. The first-order chi connectivity index (χ1) is 10.7. The topological polar surface area (TPSA) is 61.7 Å². The van der Waals surface area contributed by atoms with E-state index in [4.69, 9.17) is 0 Å². The highest BCUT2D eigenvalue weighted by atomic mass is 16.3. The minimum absolute atomic E-state index is 0.00987. The van der Waals surface area contributed by atoms with Gasteiger partial charge in [0.05, 0.1) is 5.56 Å². The van der Waals surface area contributed by atoms with Gasteiger partial charge in [-0.2, -0.15) is 5.10 Å². The van der Waals surface area contributed by atoms with Gasteiger partial charge in [0, 0.05) is 5.71 Å². The van der Waals surface area contributed by atoms with Crippen molar-refractivity contribution in [2.75, 3.05) is 0 Å². The number of nitrogens with one attached hydrogen (secondary N) is 1. The van der Waals surface area contributed by atoms with E-state index in [2.05, 4.69) is 10.5 Å². The molecular formula is C18H18N2O2. The van der Waals surface area contributed by atoms with Gasteiger partial charge in [-0.25, -0.2) is 5.43 Å². The fourth-order valence-electron chi connectivity index (χ4n) is 3.76. The third kappa shape index (κ3) is 2.25. The standard InChI is InChI=1S/C18H18N2O2/c21-17-10-13-4-2-1-3-12(13)9-15(17)18(22)20-19-16-8-11-5-6-14(16)7-11/h1-4,9-11,14,21H,5-8H2,(H,20,22)/b19-16-/t11-,14+/m1/s1. The first-order valence-corrected chi connectivity index (χ1v) is 7.79. The van der Waals surface area contributed by atoms with Gasteiger partial charge in [-0.1, -0.05) is 24.3 Å². The normalized spacial score (nSPS) is 25.0. The summed E-state index contributed by atoms with van der Waals surface area (Å²) in [5, 5.41) is 16.2. The lowest BCUT2D eigenvalue weighted by atomic mass is 9.99. The van der Waals surface area contributed by atoms with E-state index in [0.717, 1.165) is 28.8 Å². The molecule has 0 unspecified atom stereocenters. The number of phenolic OH excluding ortho intramolecular Hbond substituents is 1. The van der Waals surface area contributed by atoms with Crippen LogP contribution in [-0.2, 0) is 0 Å². The number of rotatable bonds is 2. The predicted molar refractivity (Wildman–Crippen MR) is 86.0 cm³/mol. The molecule has 2 bridgehead atoms. The number of amides is 1. The average Bonchev–Trinajstić information content (AvgIpc) is 3.14. The third-order valence-corrected chi connectivity index (χ3v) is 4.92. The molecular weight excluding hydrogens is 276 g/mol. The Morgan fingerprint density at radius 1 is 1.18 bits per heavy atom. The van der Waals surface area contributed by atoms with Crippen LogP contribution in [0.5, 0.6) is 5.75 Å². The number of nitrogens with zero attached hydrogens (tertiary/aromatic N) is 1. The smallest absolute Gasteiger partial charge is 0.275 e. The Balaban J connectivity index is 1.57. The number of carbonyl (C=O) groups excluding carboxylic acids is 1. The molecule has 1 amide bonds. The summed E-state index contributed by atoms with van der Waals surface area (Å²) in [6, 6.07) is 11.0. The van der Waals surface area contributed by atoms with Gasteiger partial charge in [0.2, 0.25) is 0 Å². The Hall–Kier alpha value is -2.36. The zero-order chi connectivity index (χ0) is 15.1. The van der Waals surface area contributed by atoms with Crippen molar-refractivity contribution in [2.24, 2.45) is 16.9 Å². The molecule has 2 fully saturated rings. The fraction of sp³-hybridized carbons (Fsp3) is 0.333. The number of carbonyl (C=O) groups is 1. The van der Waals surface area contributed by atoms with Gasteiger partial charge in [0.1, 0.15) is 5.75 Å². The molecule has 4 heteroatoms. The van der Waals surface area contributed by atoms with E-state index >= 15 is 0 Å². The summed E-state index contributed by atoms with van der Waals surface area (Å²) >= 11 is 0. The van der Waals surface area contributed by atoms with E-state index in [-0.39, 0.29) is 17.2 Å². The molecule has 2 aromatic rings. The van der Waals surface area contributed by atoms with E-state index in [9.17, 15) is 9.90 Å². The number of hydrazone groups is 1. The van der Waals surface area contributed by atoms with Crippen molar-refractivity contribution in [2.45, 2.75) is 25.7 Å². The van der Waals surface area contributed by atoms with Crippen LogP contribution in [0.2, 0.25) is 0 Å². The Morgan fingerprint density at radius 2 is 1.95 bits per heavy atom. The Labute approximate surface area is 128 Å². The molecule has 0 aromatic heterocycles. The Morgan fingerprint density at radius 3 is 2.64 bits per heavy atom. The SMILES string of the molecule is O=C(N/N=C1/C[C@@H]2CC[C@H]1C2)c1cc2ccccc2cc1O. The molecule has 2 aromatic carbocycles. The van der Waals surface area contributed by atoms with E-state index < -0.39 is 0 Å². The molecule has 0 aliphatic heterocycles. The maximum Gasteiger partial charge on any atom is 0.275 e. The zero-order valence-electron chi connectivity index (χ0n) is 12.2. The minimum atomic E-state index is -0.349. The average molecular weight is 294 g/mol. The summed E-state index contributed by atoms with van der Waals surface area (Å²) in [7, 11) is 0. The van der Waals surface area contributed by atoms with Crippen molar-refractivity contribution in [1.82, 2.24) is 5.43 Å². The molecule has 2 atom stereocenters. The molecule has 2 aliphatic rings. The van der Waals surface area contributed by atoms with Crippen LogP contribution in [0.1, 0.15) is 36.0 Å². The van der Waals surface area contributed by atoms with Gasteiger partial charge in [-0.15, -0.1) is 0 Å². The van der Waals surface area contributed by atoms with E-state index in [1.54, 1.807) is 12.1 Å². The second-order valence-corrected chi connectivity index (χ2v) is 6.34. The lowest BCUT2D eigenvalue weighted by molar-refractivity contribution is 0.0952. The second kappa shape index (κ2) is 5.13. The quantitative estimate of drug-likeness (QED) is 0.833. The highest BCUT2D eigenvalue weighted by Gasteiger charge is 2.36. The molecule has 2 N–H and O–H groups in total. The van der Waals surface area contributed by atoms with Gasteiger partial charge in [-0.05, 0) is 60.4 Å².